The molecular weight excluding hydrogens is 366 g/mol. The number of aromatic amines is 1. The molecule has 0 aliphatic carbocycles. The highest BCUT2D eigenvalue weighted by Crippen LogP contribution is 2.21. The molecule has 1 atom stereocenters. The van der Waals surface area contributed by atoms with Gasteiger partial charge in [-0.2, -0.15) is 0 Å². The Labute approximate surface area is 142 Å². The van der Waals surface area contributed by atoms with Crippen molar-refractivity contribution >= 4 is 33.6 Å². The summed E-state index contributed by atoms with van der Waals surface area (Å²) in [5.74, 6) is -0.638. The Morgan fingerprint density at radius 2 is 2.13 bits per heavy atom. The smallest absolute Gasteiger partial charge is 0.410 e. The summed E-state index contributed by atoms with van der Waals surface area (Å²) in [5, 5.41) is 2.61. The first-order chi connectivity index (χ1) is 10.7. The lowest BCUT2D eigenvalue weighted by Crippen LogP contribution is -2.36. The van der Waals surface area contributed by atoms with E-state index in [2.05, 4.69) is 26.2 Å². The van der Waals surface area contributed by atoms with Crippen LogP contribution in [0.4, 0.5) is 10.5 Å². The first-order valence-corrected chi connectivity index (χ1v) is 8.12. The second-order valence-electron chi connectivity index (χ2n) is 6.46. The summed E-state index contributed by atoms with van der Waals surface area (Å²) in [6.07, 6.45) is 1.61. The summed E-state index contributed by atoms with van der Waals surface area (Å²) in [7, 11) is 0. The maximum Gasteiger partial charge on any atom is 0.410 e. The molecule has 1 aliphatic heterocycles. The third kappa shape index (κ3) is 4.82. The molecule has 7 nitrogen and oxygen atoms in total. The van der Waals surface area contributed by atoms with Crippen LogP contribution >= 0.6 is 15.9 Å². The number of carbonyl (C=O) groups is 2. The van der Waals surface area contributed by atoms with E-state index in [9.17, 15) is 14.4 Å². The predicted octanol–water partition coefficient (Wildman–Crippen LogP) is 2.33. The van der Waals surface area contributed by atoms with Crippen molar-refractivity contribution in [3.63, 3.8) is 0 Å². The van der Waals surface area contributed by atoms with Gasteiger partial charge in [0.2, 0.25) is 5.91 Å². The first kappa shape index (κ1) is 17.5. The summed E-state index contributed by atoms with van der Waals surface area (Å²) in [6.45, 7) is 6.13. The van der Waals surface area contributed by atoms with Gasteiger partial charge in [0.05, 0.1) is 5.92 Å². The summed E-state index contributed by atoms with van der Waals surface area (Å²) in [4.78, 5) is 40.0. The largest absolute Gasteiger partial charge is 0.444 e. The lowest BCUT2D eigenvalue weighted by atomic mass is 10.1. The summed E-state index contributed by atoms with van der Waals surface area (Å²) in [5.41, 5.74) is -0.759. The highest BCUT2D eigenvalue weighted by molar-refractivity contribution is 9.10. The van der Waals surface area contributed by atoms with E-state index < -0.39 is 11.7 Å². The monoisotopic (exact) mass is 385 g/mol. The van der Waals surface area contributed by atoms with Crippen LogP contribution in [0.5, 0.6) is 0 Å². The molecule has 1 saturated heterocycles. The molecule has 1 aromatic heterocycles. The standard InChI is InChI=1S/C15H20BrN3O4/c1-15(2,3)23-14(22)19-5-4-9(8-19)12(20)18-11-6-10(16)7-17-13(11)21/h6-7,9H,4-5,8H2,1-3H3,(H,17,21)(H,18,20). The van der Waals surface area contributed by atoms with Crippen molar-refractivity contribution < 1.29 is 14.3 Å². The molecule has 0 aromatic carbocycles. The van der Waals surface area contributed by atoms with E-state index >= 15 is 0 Å². The molecule has 2 rings (SSSR count). The highest BCUT2D eigenvalue weighted by atomic mass is 79.9. The number of hydrogen-bond acceptors (Lipinski definition) is 4. The average molecular weight is 386 g/mol. The number of hydrogen-bond donors (Lipinski definition) is 2. The Morgan fingerprint density at radius 3 is 2.78 bits per heavy atom. The van der Waals surface area contributed by atoms with Crippen molar-refractivity contribution in [3.8, 4) is 0 Å². The first-order valence-electron chi connectivity index (χ1n) is 7.33. The van der Waals surface area contributed by atoms with Crippen LogP contribution in [0.25, 0.3) is 0 Å². The van der Waals surface area contributed by atoms with Crippen molar-refractivity contribution in [1.29, 1.82) is 0 Å². The Balaban J connectivity index is 1.96. The summed E-state index contributed by atoms with van der Waals surface area (Å²) < 4.78 is 5.96. The van der Waals surface area contributed by atoms with Gasteiger partial charge in [-0.15, -0.1) is 0 Å². The number of aromatic nitrogens is 1. The molecule has 1 aromatic rings. The predicted molar refractivity (Wildman–Crippen MR) is 89.3 cm³/mol. The maximum atomic E-state index is 12.3. The SMILES string of the molecule is CC(C)(C)OC(=O)N1CCC(C(=O)Nc2cc(Br)c[nH]c2=O)C1. The molecule has 2 N–H and O–H groups in total. The molecular formula is C15H20BrN3O4. The Morgan fingerprint density at radius 1 is 1.43 bits per heavy atom. The zero-order valence-electron chi connectivity index (χ0n) is 13.3. The zero-order valence-corrected chi connectivity index (χ0v) is 14.9. The number of H-pyrrole nitrogens is 1. The van der Waals surface area contributed by atoms with E-state index in [1.807, 2.05) is 0 Å². The van der Waals surface area contributed by atoms with Crippen molar-refractivity contribution in [2.75, 3.05) is 18.4 Å². The van der Waals surface area contributed by atoms with Crippen molar-refractivity contribution in [3.05, 3.63) is 27.1 Å². The normalized spacial score (nSPS) is 17.9. The fourth-order valence-corrected chi connectivity index (χ4v) is 2.59. The fraction of sp³-hybridized carbons (Fsp3) is 0.533. The van der Waals surface area contributed by atoms with E-state index in [-0.39, 0.29) is 29.6 Å². The number of anilines is 1. The molecule has 0 spiro atoms. The number of nitrogens with one attached hydrogen (secondary N) is 2. The second kappa shape index (κ2) is 6.74. The molecule has 2 amide bonds. The lowest BCUT2D eigenvalue weighted by Gasteiger charge is -2.24. The fourth-order valence-electron chi connectivity index (χ4n) is 2.25. The average Bonchev–Trinajstić information content (AvgIpc) is 2.91. The topological polar surface area (TPSA) is 91.5 Å². The van der Waals surface area contributed by atoms with Gasteiger partial charge in [0.15, 0.2) is 0 Å². The maximum absolute atomic E-state index is 12.3. The minimum atomic E-state index is -0.568. The number of rotatable bonds is 2. The quantitative estimate of drug-likeness (QED) is 0.816. The van der Waals surface area contributed by atoms with Gasteiger partial charge in [-0.25, -0.2) is 4.79 Å². The van der Waals surface area contributed by atoms with E-state index in [0.717, 1.165) is 0 Å². The Hall–Kier alpha value is -1.83. The third-order valence-electron chi connectivity index (χ3n) is 3.34. The van der Waals surface area contributed by atoms with Gasteiger partial charge in [0.1, 0.15) is 11.3 Å². The van der Waals surface area contributed by atoms with E-state index in [1.165, 1.54) is 17.2 Å². The molecule has 0 saturated carbocycles. The molecule has 1 fully saturated rings. The molecule has 126 valence electrons. The number of halogens is 1. The van der Waals surface area contributed by atoms with Crippen LogP contribution in [0.1, 0.15) is 27.2 Å². The highest BCUT2D eigenvalue weighted by Gasteiger charge is 2.33. The molecule has 0 bridgehead atoms. The molecule has 23 heavy (non-hydrogen) atoms. The van der Waals surface area contributed by atoms with Gasteiger partial charge in [-0.05, 0) is 49.2 Å². The van der Waals surface area contributed by atoms with E-state index in [0.29, 0.717) is 17.4 Å². The minimum absolute atomic E-state index is 0.181. The molecule has 1 aliphatic rings. The number of ether oxygens (including phenoxy) is 1. The Kier molecular flexibility index (Phi) is 5.13. The van der Waals surface area contributed by atoms with Gasteiger partial charge < -0.3 is 19.9 Å². The number of amides is 2. The zero-order chi connectivity index (χ0) is 17.2. The lowest BCUT2D eigenvalue weighted by molar-refractivity contribution is -0.119. The van der Waals surface area contributed by atoms with Gasteiger partial charge in [-0.3, -0.25) is 9.59 Å². The molecule has 8 heteroatoms. The summed E-state index contributed by atoms with van der Waals surface area (Å²) in [6, 6.07) is 1.54. The van der Waals surface area contributed by atoms with Crippen LogP contribution in [0.15, 0.2) is 21.5 Å². The van der Waals surface area contributed by atoms with Crippen LogP contribution in [0.2, 0.25) is 0 Å². The molecule has 1 unspecified atom stereocenters. The van der Waals surface area contributed by atoms with Gasteiger partial charge >= 0.3 is 6.09 Å². The van der Waals surface area contributed by atoms with Crippen LogP contribution in [-0.2, 0) is 9.53 Å². The summed E-state index contributed by atoms with van der Waals surface area (Å²) >= 11 is 3.24. The molecule has 0 radical (unpaired) electrons. The van der Waals surface area contributed by atoms with Crippen LogP contribution < -0.4 is 10.9 Å². The van der Waals surface area contributed by atoms with Crippen molar-refractivity contribution in [1.82, 2.24) is 9.88 Å². The van der Waals surface area contributed by atoms with E-state index in [1.54, 1.807) is 20.8 Å². The van der Waals surface area contributed by atoms with Gasteiger partial charge in [0, 0.05) is 23.8 Å². The van der Waals surface area contributed by atoms with Gasteiger partial charge in [0.25, 0.3) is 5.56 Å². The molecule has 2 heterocycles. The number of pyridine rings is 1. The van der Waals surface area contributed by atoms with Crippen LogP contribution in [0, 0.1) is 5.92 Å². The third-order valence-corrected chi connectivity index (χ3v) is 3.79. The van der Waals surface area contributed by atoms with Crippen LogP contribution in [-0.4, -0.2) is 40.6 Å². The second-order valence-corrected chi connectivity index (χ2v) is 7.38. The van der Waals surface area contributed by atoms with Gasteiger partial charge in [-0.1, -0.05) is 0 Å². The number of carbonyl (C=O) groups excluding carboxylic acids is 2. The Bertz CT molecular complexity index is 665. The van der Waals surface area contributed by atoms with Crippen molar-refractivity contribution in [2.45, 2.75) is 32.8 Å². The number of nitrogens with zero attached hydrogens (tertiary/aromatic N) is 1. The van der Waals surface area contributed by atoms with E-state index in [4.69, 9.17) is 4.74 Å². The number of likely N-dealkylation sites (tertiary alicyclic amines) is 1. The minimum Gasteiger partial charge on any atom is -0.444 e. The van der Waals surface area contributed by atoms with Crippen LogP contribution in [0.3, 0.4) is 0 Å². The van der Waals surface area contributed by atoms with Crippen molar-refractivity contribution in [2.24, 2.45) is 5.92 Å².